The Bertz CT molecular complexity index is 1520. The number of aliphatic hydroxyl groups is 4. The molecule has 5 rings (SSSR count). The van der Waals surface area contributed by atoms with Gasteiger partial charge in [0.15, 0.2) is 22.7 Å². The van der Waals surface area contributed by atoms with Crippen molar-refractivity contribution in [1.29, 1.82) is 0 Å². The third-order valence-corrected chi connectivity index (χ3v) is 5.81. The van der Waals surface area contributed by atoms with Gasteiger partial charge in [-0.25, -0.2) is 9.59 Å². The van der Waals surface area contributed by atoms with Crippen LogP contribution in [-0.2, 0) is 4.74 Å². The number of phenols is 2. The zero-order chi connectivity index (χ0) is 24.5. The van der Waals surface area contributed by atoms with E-state index in [0.717, 1.165) is 12.1 Å². The predicted molar refractivity (Wildman–Crippen MR) is 111 cm³/mol. The van der Waals surface area contributed by atoms with Crippen molar-refractivity contribution in [2.45, 2.75) is 30.7 Å². The Balaban J connectivity index is 1.77. The number of aromatic hydroxyl groups is 2. The van der Waals surface area contributed by atoms with E-state index in [9.17, 15) is 40.2 Å². The molecule has 5 atom stereocenters. The topological polar surface area (TPSA) is 209 Å². The van der Waals surface area contributed by atoms with E-state index in [1.165, 1.54) is 7.11 Å². The maximum absolute atomic E-state index is 12.7. The van der Waals surface area contributed by atoms with Gasteiger partial charge in [0.1, 0.15) is 24.4 Å². The van der Waals surface area contributed by atoms with Crippen LogP contribution in [0.3, 0.4) is 0 Å². The molecular weight excluding hydrogens is 460 g/mol. The van der Waals surface area contributed by atoms with Crippen LogP contribution in [0.4, 0.5) is 0 Å². The minimum Gasteiger partial charge on any atom is -0.504 e. The van der Waals surface area contributed by atoms with E-state index < -0.39 is 65.6 Å². The van der Waals surface area contributed by atoms with Crippen LogP contribution >= 0.6 is 0 Å². The van der Waals surface area contributed by atoms with Crippen molar-refractivity contribution in [2.75, 3.05) is 13.7 Å². The number of phenolic OH excluding ortho intramolecular Hbond substituents is 2. The molecule has 1 saturated heterocycles. The molecule has 4 aromatic rings. The molecule has 0 saturated carbocycles. The van der Waals surface area contributed by atoms with Gasteiger partial charge in [-0.3, -0.25) is 0 Å². The number of aliphatic hydroxyl groups excluding tert-OH is 4. The average Bonchev–Trinajstić information content (AvgIpc) is 2.81. The second-order valence-electron chi connectivity index (χ2n) is 7.75. The number of hydrogen-bond donors (Lipinski definition) is 6. The summed E-state index contributed by atoms with van der Waals surface area (Å²) in [5.74, 6) is -1.91. The van der Waals surface area contributed by atoms with Gasteiger partial charge in [-0.05, 0) is 12.1 Å². The highest BCUT2D eigenvalue weighted by molar-refractivity contribution is 6.22. The maximum Gasteiger partial charge on any atom is 0.344 e. The van der Waals surface area contributed by atoms with Crippen LogP contribution in [0, 0.1) is 0 Å². The Morgan fingerprint density at radius 3 is 2.18 bits per heavy atom. The summed E-state index contributed by atoms with van der Waals surface area (Å²) in [5, 5.41) is 59.4. The van der Waals surface area contributed by atoms with Gasteiger partial charge in [0.2, 0.25) is 17.8 Å². The Hall–Kier alpha value is -3.62. The van der Waals surface area contributed by atoms with Crippen LogP contribution in [0.15, 0.2) is 30.6 Å². The maximum atomic E-state index is 12.7. The number of hydrogen-bond acceptors (Lipinski definition) is 13. The third-order valence-electron chi connectivity index (χ3n) is 5.81. The van der Waals surface area contributed by atoms with Crippen molar-refractivity contribution in [3.05, 3.63) is 33.0 Å². The van der Waals surface area contributed by atoms with E-state index in [1.807, 2.05) is 0 Å². The molecule has 1 aliphatic heterocycles. The number of benzene rings is 2. The van der Waals surface area contributed by atoms with Crippen molar-refractivity contribution in [3.8, 4) is 23.0 Å². The first kappa shape index (κ1) is 22.2. The molecule has 0 unspecified atom stereocenters. The molecule has 13 heteroatoms. The molecule has 6 N–H and O–H groups in total. The minimum atomic E-state index is -1.77. The highest BCUT2D eigenvalue weighted by Gasteiger charge is 2.45. The molecule has 1 fully saturated rings. The smallest absolute Gasteiger partial charge is 0.344 e. The van der Waals surface area contributed by atoms with Crippen LogP contribution in [0.1, 0.15) is 0 Å². The monoisotopic (exact) mass is 478 g/mol. The first-order valence-electron chi connectivity index (χ1n) is 9.93. The first-order chi connectivity index (χ1) is 16.2. The summed E-state index contributed by atoms with van der Waals surface area (Å²) in [5.41, 5.74) is -2.64. The molecule has 1 aliphatic rings. The number of ether oxygens (including phenoxy) is 3. The summed E-state index contributed by atoms with van der Waals surface area (Å²) in [4.78, 5) is 25.4. The highest BCUT2D eigenvalue weighted by atomic mass is 16.7. The molecular formula is C21H18O13. The molecule has 2 aromatic carbocycles. The molecule has 13 nitrogen and oxygen atoms in total. The van der Waals surface area contributed by atoms with Crippen LogP contribution in [0.25, 0.3) is 32.7 Å². The molecule has 2 aromatic heterocycles. The second-order valence-corrected chi connectivity index (χ2v) is 7.75. The summed E-state index contributed by atoms with van der Waals surface area (Å²) in [6.45, 7) is -0.697. The summed E-state index contributed by atoms with van der Waals surface area (Å²) in [6, 6.07) is 2.12. The van der Waals surface area contributed by atoms with E-state index in [4.69, 9.17) is 23.0 Å². The molecule has 0 radical (unpaired) electrons. The van der Waals surface area contributed by atoms with Gasteiger partial charge in [-0.1, -0.05) is 0 Å². The molecule has 34 heavy (non-hydrogen) atoms. The summed E-state index contributed by atoms with van der Waals surface area (Å²) < 4.78 is 26.8. The average molecular weight is 478 g/mol. The lowest BCUT2D eigenvalue weighted by Gasteiger charge is -2.39. The van der Waals surface area contributed by atoms with Crippen molar-refractivity contribution in [2.24, 2.45) is 0 Å². The van der Waals surface area contributed by atoms with Crippen LogP contribution in [-0.4, -0.2) is 75.1 Å². The van der Waals surface area contributed by atoms with Crippen LogP contribution < -0.4 is 20.7 Å². The lowest BCUT2D eigenvalue weighted by atomic mass is 9.99. The Labute approximate surface area is 187 Å². The Morgan fingerprint density at radius 2 is 1.53 bits per heavy atom. The fourth-order valence-corrected chi connectivity index (χ4v) is 4.13. The lowest BCUT2D eigenvalue weighted by molar-refractivity contribution is -0.277. The molecule has 0 bridgehead atoms. The van der Waals surface area contributed by atoms with Crippen molar-refractivity contribution in [1.82, 2.24) is 0 Å². The van der Waals surface area contributed by atoms with E-state index in [2.05, 4.69) is 0 Å². The third kappa shape index (κ3) is 2.99. The van der Waals surface area contributed by atoms with E-state index in [-0.39, 0.29) is 38.6 Å². The van der Waals surface area contributed by atoms with Gasteiger partial charge in [-0.2, -0.15) is 0 Å². The van der Waals surface area contributed by atoms with E-state index >= 15 is 0 Å². The standard InChI is InChI=1S/C21H18O13/c1-30-16-8(31-21-15(27)14(26)13(25)9(4-22)32-21)3-6-11-10-5(19(28)34-18(11)16)2-7(23)12(24)17(10)33-20(6)29/h2-3,9,13-15,21-27H,4H2,1H3/t9-,13-,14+,15-,21-/m1/s1. The fourth-order valence-electron chi connectivity index (χ4n) is 4.13. The Kier molecular flexibility index (Phi) is 5.03. The zero-order valence-corrected chi connectivity index (χ0v) is 17.3. The molecule has 3 heterocycles. The van der Waals surface area contributed by atoms with Crippen molar-refractivity contribution < 1.29 is 53.7 Å². The molecule has 0 aliphatic carbocycles. The molecule has 180 valence electrons. The molecule has 0 spiro atoms. The van der Waals surface area contributed by atoms with Gasteiger partial charge in [-0.15, -0.1) is 0 Å². The lowest BCUT2D eigenvalue weighted by Crippen LogP contribution is -2.60. The summed E-state index contributed by atoms with van der Waals surface area (Å²) >= 11 is 0. The fraction of sp³-hybridized carbons (Fsp3) is 0.333. The quantitative estimate of drug-likeness (QED) is 0.119. The second kappa shape index (κ2) is 7.72. The minimum absolute atomic E-state index is 0.00570. The van der Waals surface area contributed by atoms with Crippen LogP contribution in [0.5, 0.6) is 23.0 Å². The van der Waals surface area contributed by atoms with Crippen LogP contribution in [0.2, 0.25) is 0 Å². The van der Waals surface area contributed by atoms with E-state index in [0.29, 0.717) is 0 Å². The van der Waals surface area contributed by atoms with E-state index in [1.54, 1.807) is 0 Å². The van der Waals surface area contributed by atoms with Gasteiger partial charge in [0.25, 0.3) is 0 Å². The molecule has 0 amide bonds. The summed E-state index contributed by atoms with van der Waals surface area (Å²) in [7, 11) is 1.21. The highest BCUT2D eigenvalue weighted by Crippen LogP contribution is 2.45. The predicted octanol–water partition coefficient (Wildman–Crippen LogP) is -0.911. The van der Waals surface area contributed by atoms with Gasteiger partial charge in [0.05, 0.1) is 24.5 Å². The zero-order valence-electron chi connectivity index (χ0n) is 17.3. The van der Waals surface area contributed by atoms with Crippen molar-refractivity contribution >= 4 is 32.7 Å². The van der Waals surface area contributed by atoms with Crippen molar-refractivity contribution in [3.63, 3.8) is 0 Å². The van der Waals surface area contributed by atoms with Gasteiger partial charge in [0, 0.05) is 10.8 Å². The van der Waals surface area contributed by atoms with Gasteiger partial charge >= 0.3 is 11.3 Å². The normalized spacial score (nSPS) is 25.4. The number of methoxy groups -OCH3 is 1. The SMILES string of the molecule is COc1c(O[C@@H]2O[C@H](CO)[C@@H](O)[C@H](O)[C@H]2O)cc2c(=O)oc3c(O)c(O)cc4c(=O)oc1c2c34. The largest absolute Gasteiger partial charge is 0.504 e. The Morgan fingerprint density at radius 1 is 0.912 bits per heavy atom. The summed E-state index contributed by atoms with van der Waals surface area (Å²) in [6.07, 6.45) is -8.01. The first-order valence-corrected chi connectivity index (χ1v) is 9.93. The number of rotatable bonds is 4. The van der Waals surface area contributed by atoms with Gasteiger partial charge < -0.3 is 53.7 Å².